The molecule has 98 valence electrons. The Labute approximate surface area is 110 Å². The Balaban J connectivity index is 2.30. The maximum absolute atomic E-state index is 11.6. The smallest absolute Gasteiger partial charge is 0.233 e. The maximum atomic E-state index is 11.6. The number of hydrogen-bond donors (Lipinski definition) is 1. The van der Waals surface area contributed by atoms with Crippen molar-refractivity contribution in [3.05, 3.63) is 24.1 Å². The second-order valence-corrected chi connectivity index (χ2v) is 5.97. The maximum Gasteiger partial charge on any atom is 0.233 e. The number of nitrogens with zero attached hydrogens (tertiary/aromatic N) is 1. The molecule has 0 aliphatic rings. The van der Waals surface area contributed by atoms with Crippen LogP contribution in [0.4, 0.5) is 5.69 Å². The van der Waals surface area contributed by atoms with Gasteiger partial charge < -0.3 is 4.42 Å². The fourth-order valence-electron chi connectivity index (χ4n) is 1.52. The Morgan fingerprint density at radius 2 is 2.22 bits per heavy atom. The van der Waals surface area contributed by atoms with Gasteiger partial charge in [0.2, 0.25) is 10.0 Å². The third-order valence-corrected chi connectivity index (χ3v) is 4.05. The Hall–Kier alpha value is -1.27. The molecule has 1 aromatic carbocycles. The van der Waals surface area contributed by atoms with Crippen molar-refractivity contribution in [3.63, 3.8) is 0 Å². The molecule has 0 aliphatic heterocycles. The third-order valence-electron chi connectivity index (χ3n) is 2.35. The van der Waals surface area contributed by atoms with E-state index in [9.17, 15) is 8.42 Å². The first-order valence-corrected chi connectivity index (χ1v) is 7.68. The standard InChI is InChI=1S/C11H13ClN2O3S/c1-2-11-13-9-7-8(3-4-10(9)17-11)14-18(15,16)6-5-12/h3-4,7,14H,2,5-6H2,1H3. The number of aromatic nitrogens is 1. The molecule has 0 bridgehead atoms. The van der Waals surface area contributed by atoms with E-state index in [1.807, 2.05) is 6.92 Å². The molecule has 2 aromatic rings. The Morgan fingerprint density at radius 1 is 1.44 bits per heavy atom. The first-order chi connectivity index (χ1) is 8.54. The normalized spacial score (nSPS) is 11.9. The number of rotatable bonds is 5. The number of sulfonamides is 1. The number of nitrogens with one attached hydrogen (secondary N) is 1. The van der Waals surface area contributed by atoms with Gasteiger partial charge in [-0.2, -0.15) is 0 Å². The Bertz CT molecular complexity index is 651. The van der Waals surface area contributed by atoms with E-state index in [0.717, 1.165) is 0 Å². The summed E-state index contributed by atoms with van der Waals surface area (Å²) in [7, 11) is -3.39. The predicted molar refractivity (Wildman–Crippen MR) is 71.5 cm³/mol. The molecular formula is C11H13ClN2O3S. The summed E-state index contributed by atoms with van der Waals surface area (Å²) < 4.78 is 31.0. The highest BCUT2D eigenvalue weighted by Crippen LogP contribution is 2.21. The van der Waals surface area contributed by atoms with Gasteiger partial charge in [-0.3, -0.25) is 4.72 Å². The Kier molecular flexibility index (Phi) is 3.77. The highest BCUT2D eigenvalue weighted by Gasteiger charge is 2.11. The van der Waals surface area contributed by atoms with Crippen LogP contribution in [-0.4, -0.2) is 25.0 Å². The van der Waals surface area contributed by atoms with Crippen molar-refractivity contribution in [2.75, 3.05) is 16.4 Å². The topological polar surface area (TPSA) is 72.2 Å². The number of fused-ring (bicyclic) bond motifs is 1. The van der Waals surface area contributed by atoms with Crippen LogP contribution in [0.15, 0.2) is 22.6 Å². The third kappa shape index (κ3) is 2.94. The summed E-state index contributed by atoms with van der Waals surface area (Å²) in [6.45, 7) is 1.94. The van der Waals surface area contributed by atoms with E-state index in [2.05, 4.69) is 9.71 Å². The molecule has 18 heavy (non-hydrogen) atoms. The van der Waals surface area contributed by atoms with Crippen LogP contribution in [0.3, 0.4) is 0 Å². The zero-order chi connectivity index (χ0) is 13.2. The molecule has 0 fully saturated rings. The molecule has 0 aliphatic carbocycles. The average molecular weight is 289 g/mol. The van der Waals surface area contributed by atoms with Gasteiger partial charge in [0.25, 0.3) is 0 Å². The van der Waals surface area contributed by atoms with E-state index in [4.69, 9.17) is 16.0 Å². The molecule has 0 amide bonds. The molecule has 0 radical (unpaired) electrons. The minimum atomic E-state index is -3.39. The quantitative estimate of drug-likeness (QED) is 0.857. The zero-order valence-corrected chi connectivity index (χ0v) is 11.4. The Morgan fingerprint density at radius 3 is 2.89 bits per heavy atom. The highest BCUT2D eigenvalue weighted by molar-refractivity contribution is 7.92. The molecule has 0 atom stereocenters. The van der Waals surface area contributed by atoms with E-state index in [1.165, 1.54) is 0 Å². The highest BCUT2D eigenvalue weighted by atomic mass is 35.5. The number of benzene rings is 1. The van der Waals surface area contributed by atoms with E-state index in [1.54, 1.807) is 18.2 Å². The van der Waals surface area contributed by atoms with Gasteiger partial charge in [0, 0.05) is 12.3 Å². The summed E-state index contributed by atoms with van der Waals surface area (Å²) in [5.74, 6) is 0.568. The monoisotopic (exact) mass is 288 g/mol. The molecule has 1 aromatic heterocycles. The number of halogens is 1. The second kappa shape index (κ2) is 5.16. The van der Waals surface area contributed by atoms with Gasteiger partial charge in [-0.25, -0.2) is 13.4 Å². The van der Waals surface area contributed by atoms with Crippen LogP contribution in [0.5, 0.6) is 0 Å². The first kappa shape index (κ1) is 13.2. The summed E-state index contributed by atoms with van der Waals surface area (Å²) in [6.07, 6.45) is 0.696. The molecule has 1 N–H and O–H groups in total. The van der Waals surface area contributed by atoms with Gasteiger partial charge in [-0.15, -0.1) is 11.6 Å². The number of aryl methyl sites for hydroxylation is 1. The van der Waals surface area contributed by atoms with E-state index in [-0.39, 0.29) is 11.6 Å². The lowest BCUT2D eigenvalue weighted by atomic mass is 10.3. The molecule has 0 saturated carbocycles. The summed E-state index contributed by atoms with van der Waals surface area (Å²) in [5, 5.41) is 0. The minimum Gasteiger partial charge on any atom is -0.441 e. The lowest BCUT2D eigenvalue weighted by Crippen LogP contribution is -2.17. The van der Waals surface area contributed by atoms with Crippen molar-refractivity contribution < 1.29 is 12.8 Å². The fraction of sp³-hybridized carbons (Fsp3) is 0.364. The number of oxazole rings is 1. The minimum absolute atomic E-state index is 0.0571. The van der Waals surface area contributed by atoms with Gasteiger partial charge in [0.15, 0.2) is 11.5 Å². The summed E-state index contributed by atoms with van der Waals surface area (Å²) in [6, 6.07) is 4.97. The van der Waals surface area contributed by atoms with Crippen LogP contribution in [-0.2, 0) is 16.4 Å². The van der Waals surface area contributed by atoms with Crippen LogP contribution in [0, 0.1) is 0 Å². The largest absolute Gasteiger partial charge is 0.441 e. The van der Waals surface area contributed by atoms with Crippen LogP contribution < -0.4 is 4.72 Å². The lowest BCUT2D eigenvalue weighted by molar-refractivity contribution is 0.538. The predicted octanol–water partition coefficient (Wildman–Crippen LogP) is 2.37. The van der Waals surface area contributed by atoms with Crippen molar-refractivity contribution in [3.8, 4) is 0 Å². The van der Waals surface area contributed by atoms with Crippen LogP contribution in [0.1, 0.15) is 12.8 Å². The van der Waals surface area contributed by atoms with Crippen molar-refractivity contribution >= 4 is 38.4 Å². The van der Waals surface area contributed by atoms with E-state index < -0.39 is 10.0 Å². The van der Waals surface area contributed by atoms with E-state index >= 15 is 0 Å². The van der Waals surface area contributed by atoms with Crippen molar-refractivity contribution in [2.45, 2.75) is 13.3 Å². The van der Waals surface area contributed by atoms with Crippen molar-refractivity contribution in [1.29, 1.82) is 0 Å². The SMILES string of the molecule is CCc1nc2cc(NS(=O)(=O)CCCl)ccc2o1. The molecule has 7 heteroatoms. The summed E-state index contributed by atoms with van der Waals surface area (Å²) >= 11 is 5.42. The van der Waals surface area contributed by atoms with Gasteiger partial charge in [-0.05, 0) is 18.2 Å². The summed E-state index contributed by atoms with van der Waals surface area (Å²) in [5.41, 5.74) is 1.74. The van der Waals surface area contributed by atoms with Gasteiger partial charge in [-0.1, -0.05) is 6.92 Å². The van der Waals surface area contributed by atoms with Crippen LogP contribution >= 0.6 is 11.6 Å². The fourth-order valence-corrected chi connectivity index (χ4v) is 2.92. The molecular weight excluding hydrogens is 276 g/mol. The molecule has 0 spiro atoms. The number of alkyl halides is 1. The zero-order valence-electron chi connectivity index (χ0n) is 9.81. The summed E-state index contributed by atoms with van der Waals surface area (Å²) in [4.78, 5) is 4.24. The van der Waals surface area contributed by atoms with Gasteiger partial charge >= 0.3 is 0 Å². The van der Waals surface area contributed by atoms with Crippen LogP contribution in [0.2, 0.25) is 0 Å². The molecule has 0 saturated heterocycles. The lowest BCUT2D eigenvalue weighted by Gasteiger charge is -2.05. The van der Waals surface area contributed by atoms with Crippen molar-refractivity contribution in [2.24, 2.45) is 0 Å². The molecule has 1 heterocycles. The van der Waals surface area contributed by atoms with Gasteiger partial charge in [0.1, 0.15) is 5.52 Å². The molecule has 5 nitrogen and oxygen atoms in total. The van der Waals surface area contributed by atoms with Gasteiger partial charge in [0.05, 0.1) is 11.4 Å². The second-order valence-electron chi connectivity index (χ2n) is 3.75. The number of hydrogen-bond acceptors (Lipinski definition) is 4. The molecule has 2 rings (SSSR count). The average Bonchev–Trinajstić information content (AvgIpc) is 2.70. The number of anilines is 1. The van der Waals surface area contributed by atoms with Crippen LogP contribution in [0.25, 0.3) is 11.1 Å². The van der Waals surface area contributed by atoms with Crippen molar-refractivity contribution in [1.82, 2.24) is 4.98 Å². The molecule has 0 unspecified atom stereocenters. The first-order valence-electron chi connectivity index (χ1n) is 5.50. The van der Waals surface area contributed by atoms with E-state index in [0.29, 0.717) is 29.1 Å².